The number of alkyl carbamates (subject to hydrolysis) is 1. The van der Waals surface area contributed by atoms with Crippen LogP contribution >= 0.6 is 0 Å². The van der Waals surface area contributed by atoms with E-state index in [-0.39, 0.29) is 31.2 Å². The van der Waals surface area contributed by atoms with Crippen LogP contribution in [0, 0.1) is 5.92 Å². The number of nitrogens with zero attached hydrogens (tertiary/aromatic N) is 1. The lowest BCUT2D eigenvalue weighted by atomic mass is 9.89. The number of amides is 3. The molecule has 1 aromatic rings. The molecule has 3 N–H and O–H groups in total. The number of rotatable bonds is 13. The minimum atomic E-state index is -1.16. The van der Waals surface area contributed by atoms with Gasteiger partial charge >= 0.3 is 12.1 Å². The number of nitrogens with one attached hydrogen (secondary N) is 2. The highest BCUT2D eigenvalue weighted by atomic mass is 16.6. The topological polar surface area (TPSA) is 134 Å². The Kier molecular flexibility index (Phi) is 12.8. The molecular weight excluding hydrogens is 502 g/mol. The van der Waals surface area contributed by atoms with E-state index in [9.17, 15) is 24.3 Å². The van der Waals surface area contributed by atoms with Crippen molar-refractivity contribution in [3.8, 4) is 5.75 Å². The van der Waals surface area contributed by atoms with E-state index in [1.54, 1.807) is 39.8 Å². The zero-order chi connectivity index (χ0) is 30.0. The first-order valence-corrected chi connectivity index (χ1v) is 13.6. The normalized spacial score (nSPS) is 14.0. The van der Waals surface area contributed by atoms with Gasteiger partial charge in [0, 0.05) is 12.1 Å². The molecule has 0 radical (unpaired) electrons. The van der Waals surface area contributed by atoms with Crippen LogP contribution in [0.1, 0.15) is 93.2 Å². The van der Waals surface area contributed by atoms with Gasteiger partial charge in [0.2, 0.25) is 11.8 Å². The summed E-state index contributed by atoms with van der Waals surface area (Å²) in [6.45, 7) is 16.5. The lowest BCUT2D eigenvalue weighted by Crippen LogP contribution is -2.60. The van der Waals surface area contributed by atoms with Crippen molar-refractivity contribution in [2.75, 3.05) is 13.2 Å². The Hall–Kier alpha value is -3.30. The van der Waals surface area contributed by atoms with E-state index < -0.39 is 47.1 Å². The summed E-state index contributed by atoms with van der Waals surface area (Å²) >= 11 is 0. The third-order valence-corrected chi connectivity index (χ3v) is 6.53. The lowest BCUT2D eigenvalue weighted by Gasteiger charge is -2.45. The van der Waals surface area contributed by atoms with Crippen LogP contribution in [0.4, 0.5) is 4.79 Å². The maximum absolute atomic E-state index is 14.4. The van der Waals surface area contributed by atoms with Gasteiger partial charge < -0.3 is 30.1 Å². The fourth-order valence-corrected chi connectivity index (χ4v) is 3.94. The van der Waals surface area contributed by atoms with Gasteiger partial charge in [-0.25, -0.2) is 4.79 Å². The summed E-state index contributed by atoms with van der Waals surface area (Å²) < 4.78 is 10.4. The van der Waals surface area contributed by atoms with E-state index >= 15 is 0 Å². The number of phenols is 1. The average molecular weight is 550 g/mol. The molecule has 10 heteroatoms. The summed E-state index contributed by atoms with van der Waals surface area (Å²) in [5.41, 5.74) is -1.22. The second-order valence-corrected chi connectivity index (χ2v) is 11.2. The molecule has 3 atom stereocenters. The van der Waals surface area contributed by atoms with Crippen LogP contribution in [0.15, 0.2) is 24.3 Å². The Morgan fingerprint density at radius 2 is 1.69 bits per heavy atom. The molecule has 0 spiro atoms. The van der Waals surface area contributed by atoms with Crippen molar-refractivity contribution in [3.63, 3.8) is 0 Å². The van der Waals surface area contributed by atoms with Crippen LogP contribution in [0.25, 0.3) is 0 Å². The molecule has 0 aromatic heterocycles. The van der Waals surface area contributed by atoms with Crippen molar-refractivity contribution in [1.29, 1.82) is 0 Å². The quantitative estimate of drug-likeness (QED) is 0.309. The first-order valence-electron chi connectivity index (χ1n) is 13.6. The van der Waals surface area contributed by atoms with Crippen LogP contribution in [-0.2, 0) is 23.9 Å². The fourth-order valence-electron chi connectivity index (χ4n) is 3.94. The third kappa shape index (κ3) is 10.4. The number of benzene rings is 1. The Labute approximate surface area is 232 Å². The molecule has 0 bridgehead atoms. The third-order valence-electron chi connectivity index (χ3n) is 6.53. The highest BCUT2D eigenvalue weighted by Gasteiger charge is 2.44. The maximum Gasteiger partial charge on any atom is 0.408 e. The van der Waals surface area contributed by atoms with Crippen LogP contribution in [-0.4, -0.2) is 64.2 Å². The molecule has 10 nitrogen and oxygen atoms in total. The van der Waals surface area contributed by atoms with Gasteiger partial charge in [0.1, 0.15) is 23.4 Å². The van der Waals surface area contributed by atoms with Gasteiger partial charge in [-0.05, 0) is 71.6 Å². The highest BCUT2D eigenvalue weighted by molar-refractivity contribution is 5.93. The first-order chi connectivity index (χ1) is 18.1. The smallest absolute Gasteiger partial charge is 0.408 e. The number of carbonyl (C=O) groups excluding carboxylic acids is 4. The number of esters is 1. The number of carbonyl (C=O) groups is 4. The summed E-state index contributed by atoms with van der Waals surface area (Å²) in [7, 11) is 0. The Morgan fingerprint density at radius 1 is 1.05 bits per heavy atom. The summed E-state index contributed by atoms with van der Waals surface area (Å²) in [6.07, 6.45) is 0.301. The average Bonchev–Trinajstić information content (AvgIpc) is 2.83. The molecule has 0 aliphatic carbocycles. The Bertz CT molecular complexity index is 987. The van der Waals surface area contributed by atoms with Gasteiger partial charge in [0.25, 0.3) is 0 Å². The van der Waals surface area contributed by atoms with Crippen molar-refractivity contribution in [1.82, 2.24) is 15.5 Å². The molecule has 39 heavy (non-hydrogen) atoms. The second kappa shape index (κ2) is 14.7. The molecule has 3 unspecified atom stereocenters. The predicted octanol–water partition coefficient (Wildman–Crippen LogP) is 4.46. The van der Waals surface area contributed by atoms with Gasteiger partial charge in [-0.15, -0.1) is 0 Å². The van der Waals surface area contributed by atoms with Gasteiger partial charge in [0.05, 0.1) is 13.0 Å². The molecule has 3 amide bonds. The van der Waals surface area contributed by atoms with Crippen molar-refractivity contribution in [2.45, 2.75) is 105 Å². The minimum absolute atomic E-state index is 0.00646. The Balaban J connectivity index is 3.58. The highest BCUT2D eigenvalue weighted by Crippen LogP contribution is 2.34. The van der Waals surface area contributed by atoms with Gasteiger partial charge in [-0.2, -0.15) is 0 Å². The maximum atomic E-state index is 14.4. The monoisotopic (exact) mass is 549 g/mol. The molecule has 220 valence electrons. The SMILES string of the molecule is CCOC(=O)CCNC(=O)C(c1cccc(O)c1)N(C(=O)C(NC(=O)OC(C)(C)C)C(C)CC)C(C)(C)CC. The number of hydrogen-bond acceptors (Lipinski definition) is 7. The fraction of sp³-hybridized carbons (Fsp3) is 0.655. The molecule has 0 aliphatic rings. The van der Waals surface area contributed by atoms with Crippen molar-refractivity contribution in [2.24, 2.45) is 5.92 Å². The van der Waals surface area contributed by atoms with Crippen LogP contribution < -0.4 is 10.6 Å². The summed E-state index contributed by atoms with van der Waals surface area (Å²) in [4.78, 5) is 54.1. The lowest BCUT2D eigenvalue weighted by molar-refractivity contribution is -0.150. The van der Waals surface area contributed by atoms with Crippen molar-refractivity contribution < 1.29 is 33.8 Å². The Morgan fingerprint density at radius 3 is 2.21 bits per heavy atom. The van der Waals surface area contributed by atoms with Gasteiger partial charge in [-0.1, -0.05) is 39.3 Å². The summed E-state index contributed by atoms with van der Waals surface area (Å²) in [5.74, 6) is -1.79. The van der Waals surface area contributed by atoms with Crippen LogP contribution in [0.3, 0.4) is 0 Å². The zero-order valence-electron chi connectivity index (χ0n) is 24.9. The van der Waals surface area contributed by atoms with Gasteiger partial charge in [0.15, 0.2) is 0 Å². The van der Waals surface area contributed by atoms with E-state index in [0.717, 1.165) is 0 Å². The zero-order valence-corrected chi connectivity index (χ0v) is 24.9. The first kappa shape index (κ1) is 33.7. The van der Waals surface area contributed by atoms with Crippen molar-refractivity contribution in [3.05, 3.63) is 29.8 Å². The molecule has 0 heterocycles. The molecule has 1 aromatic carbocycles. The second-order valence-electron chi connectivity index (χ2n) is 11.2. The van der Waals surface area contributed by atoms with E-state index in [2.05, 4.69) is 10.6 Å². The van der Waals surface area contributed by atoms with E-state index in [4.69, 9.17) is 9.47 Å². The molecule has 0 aliphatic heterocycles. The molecule has 0 saturated carbocycles. The molecule has 0 saturated heterocycles. The van der Waals surface area contributed by atoms with Crippen LogP contribution in [0.5, 0.6) is 5.75 Å². The number of aromatic hydroxyl groups is 1. The molecule has 1 rings (SSSR count). The van der Waals surface area contributed by atoms with Crippen LogP contribution in [0.2, 0.25) is 0 Å². The van der Waals surface area contributed by atoms with Crippen molar-refractivity contribution >= 4 is 23.9 Å². The number of hydrogen-bond donors (Lipinski definition) is 3. The standard InChI is InChI=1S/C29H47N3O7/c1-10-19(4)23(31-27(37)39-28(5,6)7)26(36)32(29(8,9)11-2)24(20-14-13-15-21(33)18-20)25(35)30-17-16-22(34)38-12-3/h13-15,18-19,23-24,33H,10-12,16-17H2,1-9H3,(H,30,35)(H,31,37). The van der Waals surface area contributed by atoms with E-state index in [1.807, 2.05) is 34.6 Å². The summed E-state index contributed by atoms with van der Waals surface area (Å²) in [6, 6.07) is 4.01. The van der Waals surface area contributed by atoms with E-state index in [0.29, 0.717) is 18.4 Å². The predicted molar refractivity (Wildman–Crippen MR) is 149 cm³/mol. The van der Waals surface area contributed by atoms with Gasteiger partial charge in [-0.3, -0.25) is 14.4 Å². The summed E-state index contributed by atoms with van der Waals surface area (Å²) in [5, 5.41) is 15.7. The molecule has 0 fully saturated rings. The molecular formula is C29H47N3O7. The largest absolute Gasteiger partial charge is 0.508 e. The number of phenolic OH excluding ortho intramolecular Hbond substituents is 1. The number of ether oxygens (including phenoxy) is 2. The van der Waals surface area contributed by atoms with E-state index in [1.165, 1.54) is 17.0 Å². The minimum Gasteiger partial charge on any atom is -0.508 e.